The zero-order chi connectivity index (χ0) is 35.6. The molecule has 0 unspecified atom stereocenters. The second-order valence-corrected chi connectivity index (χ2v) is 11.7. The Balaban J connectivity index is 1.38. The summed E-state index contributed by atoms with van der Waals surface area (Å²) in [6.07, 6.45) is -7.18. The van der Waals surface area contributed by atoms with Gasteiger partial charge in [-0.1, -0.05) is 84.9 Å². The summed E-state index contributed by atoms with van der Waals surface area (Å²) < 4.78 is 50.6. The third kappa shape index (κ3) is 8.60. The molecule has 5 aromatic carbocycles. The van der Waals surface area contributed by atoms with Gasteiger partial charge in [0.25, 0.3) is 0 Å². The van der Waals surface area contributed by atoms with E-state index in [-0.39, 0.29) is 16.7 Å². The lowest BCUT2D eigenvalue weighted by atomic mass is 9.97. The van der Waals surface area contributed by atoms with Crippen LogP contribution in [0.15, 0.2) is 140 Å². The maximum absolute atomic E-state index is 15.0. The minimum atomic E-state index is -1.56. The molecule has 51 heavy (non-hydrogen) atoms. The number of halogens is 1. The standard InChI is InChI=1S/C41H35FO9/c1-46-32-23-21-27(22-24-32)25-31-19-11-12-20-33(31)47-41-37(51-40(45)30-17-9-4-10-18-30)36(50-39(44)29-15-7-3-8-16-29)35(34(26-42)48-41)49-38(43)28-13-5-2-6-14-28/h2-24,34-37,41H,25-26H2,1H3/t34-,35-,36+,37-,41+/m1/s1. The highest BCUT2D eigenvalue weighted by molar-refractivity contribution is 5.91. The summed E-state index contributed by atoms with van der Waals surface area (Å²) in [5.74, 6) is -1.37. The van der Waals surface area contributed by atoms with Crippen LogP contribution in [0.25, 0.3) is 0 Å². The van der Waals surface area contributed by atoms with E-state index in [4.69, 9.17) is 28.4 Å². The maximum Gasteiger partial charge on any atom is 0.338 e. The topological polar surface area (TPSA) is 107 Å². The first-order valence-corrected chi connectivity index (χ1v) is 16.3. The molecule has 1 aliphatic heterocycles. The Hall–Kier alpha value is -6.00. The van der Waals surface area contributed by atoms with Crippen LogP contribution in [-0.4, -0.2) is 62.4 Å². The van der Waals surface area contributed by atoms with Crippen molar-refractivity contribution in [3.8, 4) is 11.5 Å². The van der Waals surface area contributed by atoms with Gasteiger partial charge >= 0.3 is 17.9 Å². The van der Waals surface area contributed by atoms with Crippen molar-refractivity contribution in [2.45, 2.75) is 37.1 Å². The van der Waals surface area contributed by atoms with Gasteiger partial charge in [-0.05, 0) is 65.7 Å². The number of hydrogen-bond donors (Lipinski definition) is 0. The Bertz CT molecular complexity index is 1900. The third-order valence-corrected chi connectivity index (χ3v) is 8.27. The largest absolute Gasteiger partial charge is 0.497 e. The van der Waals surface area contributed by atoms with E-state index in [0.29, 0.717) is 17.9 Å². The maximum atomic E-state index is 15.0. The van der Waals surface area contributed by atoms with Crippen LogP contribution in [0.2, 0.25) is 0 Å². The first kappa shape index (κ1) is 34.8. The normalized spacial score (nSPS) is 19.7. The Morgan fingerprint density at radius 2 is 1.06 bits per heavy atom. The van der Waals surface area contributed by atoms with E-state index in [1.54, 1.807) is 86.0 Å². The van der Waals surface area contributed by atoms with E-state index in [0.717, 1.165) is 11.1 Å². The number of carbonyl (C=O) groups is 3. The van der Waals surface area contributed by atoms with Gasteiger partial charge in [-0.15, -0.1) is 0 Å². The van der Waals surface area contributed by atoms with E-state index in [1.165, 1.54) is 24.3 Å². The van der Waals surface area contributed by atoms with Gasteiger partial charge in [-0.3, -0.25) is 0 Å². The van der Waals surface area contributed by atoms with Gasteiger partial charge < -0.3 is 28.4 Å². The molecule has 1 fully saturated rings. The van der Waals surface area contributed by atoms with Gasteiger partial charge in [0.1, 0.15) is 24.3 Å². The highest BCUT2D eigenvalue weighted by atomic mass is 19.1. The number of methoxy groups -OCH3 is 1. The number of ether oxygens (including phenoxy) is 6. The summed E-state index contributed by atoms with van der Waals surface area (Å²) in [7, 11) is 1.59. The molecular weight excluding hydrogens is 655 g/mol. The number of alkyl halides is 1. The molecule has 1 heterocycles. The molecule has 6 rings (SSSR count). The molecule has 0 spiro atoms. The van der Waals surface area contributed by atoms with Crippen molar-refractivity contribution in [1.29, 1.82) is 0 Å². The molecule has 9 nitrogen and oxygen atoms in total. The van der Waals surface area contributed by atoms with Gasteiger partial charge in [0, 0.05) is 6.42 Å². The monoisotopic (exact) mass is 690 g/mol. The summed E-state index contributed by atoms with van der Waals surface area (Å²) in [5.41, 5.74) is 2.23. The van der Waals surface area contributed by atoms with Crippen LogP contribution in [0.1, 0.15) is 42.2 Å². The molecule has 0 N–H and O–H groups in total. The van der Waals surface area contributed by atoms with Crippen molar-refractivity contribution in [1.82, 2.24) is 0 Å². The summed E-state index contributed by atoms with van der Waals surface area (Å²) in [5, 5.41) is 0. The Morgan fingerprint density at radius 3 is 1.57 bits per heavy atom. The molecule has 0 bridgehead atoms. The van der Waals surface area contributed by atoms with E-state index in [9.17, 15) is 18.8 Å². The highest BCUT2D eigenvalue weighted by Crippen LogP contribution is 2.34. The number of carbonyl (C=O) groups excluding carboxylic acids is 3. The molecule has 0 radical (unpaired) electrons. The van der Waals surface area contributed by atoms with Crippen LogP contribution >= 0.6 is 0 Å². The minimum Gasteiger partial charge on any atom is -0.497 e. The molecule has 10 heteroatoms. The van der Waals surface area contributed by atoms with Gasteiger partial charge in [0.05, 0.1) is 23.8 Å². The number of para-hydroxylation sites is 1. The molecular formula is C41H35FO9. The third-order valence-electron chi connectivity index (χ3n) is 8.27. The lowest BCUT2D eigenvalue weighted by molar-refractivity contribution is -0.272. The first-order valence-electron chi connectivity index (χ1n) is 16.3. The fourth-order valence-electron chi connectivity index (χ4n) is 5.65. The molecule has 260 valence electrons. The molecule has 0 aliphatic carbocycles. The van der Waals surface area contributed by atoms with Gasteiger partial charge in [0.15, 0.2) is 12.2 Å². The summed E-state index contributed by atoms with van der Waals surface area (Å²) in [4.78, 5) is 40.6. The van der Waals surface area contributed by atoms with Crippen LogP contribution in [0.3, 0.4) is 0 Å². The van der Waals surface area contributed by atoms with E-state index in [1.807, 2.05) is 36.4 Å². The van der Waals surface area contributed by atoms with E-state index >= 15 is 0 Å². The number of esters is 3. The zero-order valence-corrected chi connectivity index (χ0v) is 27.6. The molecule has 5 atom stereocenters. The highest BCUT2D eigenvalue weighted by Gasteiger charge is 2.54. The van der Waals surface area contributed by atoms with Crippen molar-refractivity contribution in [2.75, 3.05) is 13.8 Å². The van der Waals surface area contributed by atoms with Gasteiger partial charge in [-0.25, -0.2) is 18.8 Å². The quantitative estimate of drug-likeness (QED) is 0.101. The van der Waals surface area contributed by atoms with Crippen LogP contribution in [0.5, 0.6) is 11.5 Å². The minimum absolute atomic E-state index is 0.171. The van der Waals surface area contributed by atoms with Crippen LogP contribution in [0.4, 0.5) is 4.39 Å². The number of benzene rings is 5. The molecule has 0 aromatic heterocycles. The SMILES string of the molecule is COc1ccc(Cc2ccccc2O[C@H]2O[C@H](CF)[C@@H](OC(=O)c3ccccc3)[C@H](OC(=O)c3ccccc3)[C@H]2OC(=O)c2ccccc2)cc1. The van der Waals surface area contributed by atoms with Crippen molar-refractivity contribution in [3.63, 3.8) is 0 Å². The fourth-order valence-corrected chi connectivity index (χ4v) is 5.65. The van der Waals surface area contributed by atoms with Crippen LogP contribution < -0.4 is 9.47 Å². The van der Waals surface area contributed by atoms with Crippen molar-refractivity contribution < 1.29 is 47.2 Å². The molecule has 0 amide bonds. The van der Waals surface area contributed by atoms with Crippen molar-refractivity contribution >= 4 is 17.9 Å². The molecule has 5 aromatic rings. The Kier molecular flexibility index (Phi) is 11.3. The van der Waals surface area contributed by atoms with Crippen molar-refractivity contribution in [2.24, 2.45) is 0 Å². The second-order valence-electron chi connectivity index (χ2n) is 11.7. The average molecular weight is 691 g/mol. The lowest BCUT2D eigenvalue weighted by Gasteiger charge is -2.43. The van der Waals surface area contributed by atoms with Gasteiger partial charge in [0.2, 0.25) is 12.4 Å². The number of rotatable bonds is 12. The molecule has 1 aliphatic rings. The van der Waals surface area contributed by atoms with Crippen LogP contribution in [-0.2, 0) is 25.4 Å². The van der Waals surface area contributed by atoms with E-state index in [2.05, 4.69) is 0 Å². The summed E-state index contributed by atoms with van der Waals surface area (Å²) in [6, 6.07) is 39.0. The summed E-state index contributed by atoms with van der Waals surface area (Å²) >= 11 is 0. The van der Waals surface area contributed by atoms with Gasteiger partial charge in [-0.2, -0.15) is 0 Å². The average Bonchev–Trinajstić information content (AvgIpc) is 3.18. The second kappa shape index (κ2) is 16.6. The Labute approximate surface area is 294 Å². The molecule has 1 saturated heterocycles. The van der Waals surface area contributed by atoms with Crippen molar-refractivity contribution in [3.05, 3.63) is 167 Å². The number of hydrogen-bond acceptors (Lipinski definition) is 9. The molecule has 0 saturated carbocycles. The predicted octanol–water partition coefficient (Wildman–Crippen LogP) is 7.04. The summed E-state index contributed by atoms with van der Waals surface area (Å²) in [6.45, 7) is -1.15. The smallest absolute Gasteiger partial charge is 0.338 e. The van der Waals surface area contributed by atoms with Crippen LogP contribution in [0, 0.1) is 0 Å². The van der Waals surface area contributed by atoms with E-state index < -0.39 is 55.3 Å². The zero-order valence-electron chi connectivity index (χ0n) is 27.6. The predicted molar refractivity (Wildman–Crippen MR) is 184 cm³/mol. The Morgan fingerprint density at radius 1 is 0.588 bits per heavy atom. The fraction of sp³-hybridized carbons (Fsp3) is 0.195. The first-order chi connectivity index (χ1) is 24.9. The lowest BCUT2D eigenvalue weighted by Crippen LogP contribution is -2.63.